The molecule has 1 aliphatic heterocycles. The molecule has 0 radical (unpaired) electrons. The van der Waals surface area contributed by atoms with Gasteiger partial charge in [-0.05, 0) is 44.6 Å². The van der Waals surface area contributed by atoms with Crippen LogP contribution >= 0.6 is 0 Å². The average Bonchev–Trinajstić information content (AvgIpc) is 2.95. The molecule has 1 aliphatic carbocycles. The molecule has 2 aliphatic rings. The molecule has 120 valence electrons. The van der Waals surface area contributed by atoms with Gasteiger partial charge >= 0.3 is 5.97 Å². The van der Waals surface area contributed by atoms with Crippen LogP contribution in [0.25, 0.3) is 0 Å². The lowest BCUT2D eigenvalue weighted by atomic mass is 9.84. The van der Waals surface area contributed by atoms with Gasteiger partial charge in [0.05, 0.1) is 6.61 Å². The summed E-state index contributed by atoms with van der Waals surface area (Å²) >= 11 is 0. The van der Waals surface area contributed by atoms with Crippen molar-refractivity contribution < 1.29 is 9.53 Å². The summed E-state index contributed by atoms with van der Waals surface area (Å²) in [5.74, 6) is 0.633. The fourth-order valence-corrected chi connectivity index (χ4v) is 4.41. The van der Waals surface area contributed by atoms with Crippen LogP contribution in [0.5, 0.6) is 0 Å². The molecule has 0 bridgehead atoms. The van der Waals surface area contributed by atoms with E-state index < -0.39 is 0 Å². The zero-order chi connectivity index (χ0) is 15.5. The number of ether oxygens (including phenoxy) is 1. The van der Waals surface area contributed by atoms with Gasteiger partial charge in [0.1, 0.15) is 6.04 Å². The number of likely N-dealkylation sites (tertiary alicyclic amines) is 1. The highest BCUT2D eigenvalue weighted by Gasteiger charge is 2.47. The minimum Gasteiger partial charge on any atom is -0.465 e. The number of rotatable bonds is 4. The Hall–Kier alpha value is -1.35. The van der Waals surface area contributed by atoms with E-state index in [0.29, 0.717) is 18.6 Å². The fraction of sp³-hybridized carbons (Fsp3) is 0.632. The molecule has 3 rings (SSSR count). The van der Waals surface area contributed by atoms with Gasteiger partial charge in [0.2, 0.25) is 0 Å². The molecule has 3 nitrogen and oxygen atoms in total. The summed E-state index contributed by atoms with van der Waals surface area (Å²) in [7, 11) is 0. The molecule has 0 N–H and O–H groups in total. The molecule has 1 heterocycles. The van der Waals surface area contributed by atoms with Crippen LogP contribution in [0.3, 0.4) is 0 Å². The van der Waals surface area contributed by atoms with Crippen LogP contribution in [0.2, 0.25) is 0 Å². The van der Waals surface area contributed by atoms with E-state index in [9.17, 15) is 4.79 Å². The summed E-state index contributed by atoms with van der Waals surface area (Å²) < 4.78 is 5.37. The molecule has 22 heavy (non-hydrogen) atoms. The van der Waals surface area contributed by atoms with E-state index in [-0.39, 0.29) is 18.1 Å². The lowest BCUT2D eigenvalue weighted by Crippen LogP contribution is -2.44. The highest BCUT2D eigenvalue weighted by Crippen LogP contribution is 2.44. The van der Waals surface area contributed by atoms with E-state index >= 15 is 0 Å². The highest BCUT2D eigenvalue weighted by atomic mass is 16.5. The van der Waals surface area contributed by atoms with Crippen LogP contribution in [0.1, 0.15) is 57.6 Å². The third-order valence-electron chi connectivity index (χ3n) is 5.43. The maximum atomic E-state index is 12.5. The zero-order valence-electron chi connectivity index (χ0n) is 13.7. The molecule has 4 unspecified atom stereocenters. The second-order valence-corrected chi connectivity index (χ2v) is 6.65. The predicted octanol–water partition coefficient (Wildman–Crippen LogP) is 3.94. The maximum absolute atomic E-state index is 12.5. The second kappa shape index (κ2) is 6.82. The Bertz CT molecular complexity index is 501. The van der Waals surface area contributed by atoms with Crippen molar-refractivity contribution in [3.05, 3.63) is 35.9 Å². The first kappa shape index (κ1) is 15.5. The highest BCUT2D eigenvalue weighted by molar-refractivity contribution is 5.76. The Morgan fingerprint density at radius 3 is 2.73 bits per heavy atom. The second-order valence-electron chi connectivity index (χ2n) is 6.65. The van der Waals surface area contributed by atoms with Crippen molar-refractivity contribution in [3.8, 4) is 0 Å². The van der Waals surface area contributed by atoms with Gasteiger partial charge in [0.25, 0.3) is 0 Å². The number of benzene rings is 1. The van der Waals surface area contributed by atoms with Crippen LogP contribution in [0.4, 0.5) is 0 Å². The molecular formula is C19H27NO2. The van der Waals surface area contributed by atoms with Gasteiger partial charge in [0.15, 0.2) is 0 Å². The first-order valence-corrected chi connectivity index (χ1v) is 8.71. The Labute approximate surface area is 133 Å². The van der Waals surface area contributed by atoms with Gasteiger partial charge in [-0.25, -0.2) is 0 Å². The number of fused-ring (bicyclic) bond motifs is 1. The van der Waals surface area contributed by atoms with Crippen molar-refractivity contribution in [2.45, 2.75) is 64.1 Å². The summed E-state index contributed by atoms with van der Waals surface area (Å²) in [6.45, 7) is 4.60. The molecule has 0 amide bonds. The molecular weight excluding hydrogens is 274 g/mol. The van der Waals surface area contributed by atoms with E-state index in [1.807, 2.05) is 13.0 Å². The zero-order valence-corrected chi connectivity index (χ0v) is 13.7. The van der Waals surface area contributed by atoms with Crippen LogP contribution in [0.15, 0.2) is 30.3 Å². The van der Waals surface area contributed by atoms with E-state index in [1.165, 1.54) is 31.2 Å². The van der Waals surface area contributed by atoms with Crippen LogP contribution in [-0.2, 0) is 9.53 Å². The van der Waals surface area contributed by atoms with Crippen LogP contribution in [0, 0.1) is 5.92 Å². The Balaban J connectivity index is 1.87. The summed E-state index contributed by atoms with van der Waals surface area (Å²) in [6.07, 6.45) is 6.05. The van der Waals surface area contributed by atoms with E-state index in [1.54, 1.807) is 0 Å². The van der Waals surface area contributed by atoms with Crippen LogP contribution in [-0.4, -0.2) is 29.6 Å². The predicted molar refractivity (Wildman–Crippen MR) is 87.5 cm³/mol. The quantitative estimate of drug-likeness (QED) is 0.789. The smallest absolute Gasteiger partial charge is 0.323 e. The summed E-state index contributed by atoms with van der Waals surface area (Å²) in [5.41, 5.74) is 1.29. The third kappa shape index (κ3) is 2.91. The Morgan fingerprint density at radius 2 is 2.00 bits per heavy atom. The SMILES string of the molecule is CCOC(=O)C1CC2CCCCC2N1C(C)c1ccccc1. The summed E-state index contributed by atoms with van der Waals surface area (Å²) in [5, 5.41) is 0. The van der Waals surface area contributed by atoms with Crippen molar-refractivity contribution in [2.24, 2.45) is 5.92 Å². The monoisotopic (exact) mass is 301 g/mol. The minimum atomic E-state index is -0.0664. The number of hydrogen-bond acceptors (Lipinski definition) is 3. The minimum absolute atomic E-state index is 0.0281. The van der Waals surface area contributed by atoms with E-state index in [4.69, 9.17) is 4.74 Å². The number of esters is 1. The molecule has 1 aromatic rings. The van der Waals surface area contributed by atoms with Gasteiger partial charge in [-0.2, -0.15) is 0 Å². The lowest BCUT2D eigenvalue weighted by Gasteiger charge is -2.37. The first-order valence-electron chi connectivity index (χ1n) is 8.71. The fourth-order valence-electron chi connectivity index (χ4n) is 4.41. The maximum Gasteiger partial charge on any atom is 0.323 e. The van der Waals surface area contributed by atoms with Gasteiger partial charge in [-0.3, -0.25) is 9.69 Å². The van der Waals surface area contributed by atoms with Crippen molar-refractivity contribution in [3.63, 3.8) is 0 Å². The summed E-state index contributed by atoms with van der Waals surface area (Å²) in [4.78, 5) is 14.9. The number of carbonyl (C=O) groups excluding carboxylic acids is 1. The van der Waals surface area contributed by atoms with Crippen molar-refractivity contribution in [2.75, 3.05) is 6.61 Å². The van der Waals surface area contributed by atoms with Gasteiger partial charge < -0.3 is 4.74 Å². The van der Waals surface area contributed by atoms with E-state index in [2.05, 4.69) is 36.1 Å². The van der Waals surface area contributed by atoms with Crippen molar-refractivity contribution in [1.29, 1.82) is 0 Å². The largest absolute Gasteiger partial charge is 0.465 e. The van der Waals surface area contributed by atoms with Gasteiger partial charge in [-0.1, -0.05) is 43.2 Å². The third-order valence-corrected chi connectivity index (χ3v) is 5.43. The Kier molecular flexibility index (Phi) is 4.82. The van der Waals surface area contributed by atoms with Gasteiger partial charge in [0, 0.05) is 12.1 Å². The first-order chi connectivity index (χ1) is 10.7. The van der Waals surface area contributed by atoms with Gasteiger partial charge in [-0.15, -0.1) is 0 Å². The molecule has 0 spiro atoms. The van der Waals surface area contributed by atoms with Crippen molar-refractivity contribution in [1.82, 2.24) is 4.90 Å². The number of carbonyl (C=O) groups is 1. The summed E-state index contributed by atoms with van der Waals surface area (Å²) in [6, 6.07) is 11.3. The molecule has 1 aromatic carbocycles. The topological polar surface area (TPSA) is 29.5 Å². The number of hydrogen-bond donors (Lipinski definition) is 0. The van der Waals surface area contributed by atoms with Crippen LogP contribution < -0.4 is 0 Å². The lowest BCUT2D eigenvalue weighted by molar-refractivity contribution is -0.149. The molecule has 1 saturated carbocycles. The van der Waals surface area contributed by atoms with E-state index in [0.717, 1.165) is 6.42 Å². The normalized spacial score (nSPS) is 29.8. The van der Waals surface area contributed by atoms with Crippen molar-refractivity contribution >= 4 is 5.97 Å². The molecule has 0 aromatic heterocycles. The molecule has 3 heteroatoms. The molecule has 4 atom stereocenters. The molecule has 2 fully saturated rings. The molecule has 1 saturated heterocycles. The standard InChI is InChI=1S/C19H27NO2/c1-3-22-19(21)18-13-16-11-7-8-12-17(16)20(18)14(2)15-9-5-4-6-10-15/h4-6,9-10,14,16-18H,3,7-8,11-13H2,1-2H3. The average molecular weight is 301 g/mol. The number of nitrogens with zero attached hydrogens (tertiary/aromatic N) is 1. The Morgan fingerprint density at radius 1 is 1.27 bits per heavy atom.